The molecule has 0 aliphatic carbocycles. The van der Waals surface area contributed by atoms with Crippen molar-refractivity contribution in [3.8, 4) is 5.88 Å². The molecule has 94 valence electrons. The topological polar surface area (TPSA) is 55.2 Å². The Morgan fingerprint density at radius 1 is 1.06 bits per heavy atom. The molecule has 0 aliphatic rings. The van der Waals surface area contributed by atoms with Crippen LogP contribution in [0.5, 0.6) is 5.88 Å². The number of benzene rings is 1. The van der Waals surface area contributed by atoms with Crippen LogP contribution in [0.25, 0.3) is 0 Å². The maximum Gasteiger partial charge on any atom is 0.233 e. The first-order valence-electron chi connectivity index (χ1n) is 5.74. The second-order valence-electron chi connectivity index (χ2n) is 4.25. The van der Waals surface area contributed by atoms with E-state index in [0.29, 0.717) is 11.6 Å². The SMILES string of the molecule is COc1ccc(C(O)c2ccc(C)c(C)c2)nn1. The lowest BCUT2D eigenvalue weighted by atomic mass is 10.0. The summed E-state index contributed by atoms with van der Waals surface area (Å²) in [6.07, 6.45) is -0.761. The molecule has 0 saturated heterocycles. The second-order valence-corrected chi connectivity index (χ2v) is 4.25. The lowest BCUT2D eigenvalue weighted by molar-refractivity contribution is 0.213. The summed E-state index contributed by atoms with van der Waals surface area (Å²) in [6.45, 7) is 4.06. The molecule has 4 heteroatoms. The van der Waals surface area contributed by atoms with Gasteiger partial charge in [-0.05, 0) is 36.6 Å². The number of aromatic nitrogens is 2. The third kappa shape index (κ3) is 2.49. The first-order chi connectivity index (χ1) is 8.61. The van der Waals surface area contributed by atoms with Crippen molar-refractivity contribution in [2.75, 3.05) is 7.11 Å². The van der Waals surface area contributed by atoms with Gasteiger partial charge >= 0.3 is 0 Å². The van der Waals surface area contributed by atoms with Crippen molar-refractivity contribution in [2.45, 2.75) is 20.0 Å². The van der Waals surface area contributed by atoms with Crippen LogP contribution in [0.1, 0.15) is 28.5 Å². The Bertz CT molecular complexity index is 538. The fourth-order valence-corrected chi connectivity index (χ4v) is 1.69. The predicted molar refractivity (Wildman–Crippen MR) is 68.6 cm³/mol. The molecule has 1 atom stereocenters. The first kappa shape index (κ1) is 12.5. The van der Waals surface area contributed by atoms with Gasteiger partial charge in [-0.2, -0.15) is 0 Å². The zero-order valence-electron chi connectivity index (χ0n) is 10.7. The molecule has 0 radical (unpaired) electrons. The molecule has 0 bridgehead atoms. The monoisotopic (exact) mass is 244 g/mol. The van der Waals surface area contributed by atoms with Crippen LogP contribution >= 0.6 is 0 Å². The smallest absolute Gasteiger partial charge is 0.233 e. The number of methoxy groups -OCH3 is 1. The minimum Gasteiger partial charge on any atom is -0.480 e. The van der Waals surface area contributed by atoms with E-state index in [1.807, 2.05) is 32.0 Å². The zero-order valence-corrected chi connectivity index (χ0v) is 10.7. The minimum absolute atomic E-state index is 0.436. The average molecular weight is 244 g/mol. The quantitative estimate of drug-likeness (QED) is 0.899. The number of aliphatic hydroxyl groups excluding tert-OH is 1. The maximum absolute atomic E-state index is 10.2. The van der Waals surface area contributed by atoms with Crippen LogP contribution in [-0.2, 0) is 0 Å². The molecule has 1 aromatic heterocycles. The molecule has 1 aromatic carbocycles. The summed E-state index contributed by atoms with van der Waals surface area (Å²) in [5.74, 6) is 0.436. The number of hydrogen-bond donors (Lipinski definition) is 1. The van der Waals surface area contributed by atoms with Crippen LogP contribution in [0.15, 0.2) is 30.3 Å². The Hall–Kier alpha value is -1.94. The molecule has 0 fully saturated rings. The summed E-state index contributed by atoms with van der Waals surface area (Å²) in [4.78, 5) is 0. The standard InChI is InChI=1S/C14H16N2O2/c1-9-4-5-11(8-10(9)2)14(17)12-6-7-13(18-3)16-15-12/h4-8,14,17H,1-3H3. The van der Waals surface area contributed by atoms with Gasteiger partial charge < -0.3 is 9.84 Å². The molecule has 18 heavy (non-hydrogen) atoms. The highest BCUT2D eigenvalue weighted by Gasteiger charge is 2.13. The van der Waals surface area contributed by atoms with Gasteiger partial charge in [-0.25, -0.2) is 0 Å². The van der Waals surface area contributed by atoms with Crippen molar-refractivity contribution < 1.29 is 9.84 Å². The molecular formula is C14H16N2O2. The van der Waals surface area contributed by atoms with Crippen LogP contribution < -0.4 is 4.74 Å². The van der Waals surface area contributed by atoms with Crippen LogP contribution in [0.2, 0.25) is 0 Å². The number of aliphatic hydroxyl groups is 1. The Morgan fingerprint density at radius 3 is 2.39 bits per heavy atom. The van der Waals surface area contributed by atoms with Crippen molar-refractivity contribution in [3.63, 3.8) is 0 Å². The lowest BCUT2D eigenvalue weighted by Gasteiger charge is -2.12. The third-order valence-electron chi connectivity index (χ3n) is 3.00. The number of nitrogens with zero attached hydrogens (tertiary/aromatic N) is 2. The van der Waals surface area contributed by atoms with Gasteiger partial charge in [-0.3, -0.25) is 0 Å². The maximum atomic E-state index is 10.2. The van der Waals surface area contributed by atoms with Gasteiger partial charge in [0.2, 0.25) is 5.88 Å². The number of rotatable bonds is 3. The highest BCUT2D eigenvalue weighted by molar-refractivity contribution is 5.34. The highest BCUT2D eigenvalue weighted by atomic mass is 16.5. The highest BCUT2D eigenvalue weighted by Crippen LogP contribution is 2.22. The molecule has 1 unspecified atom stereocenters. The molecule has 0 aliphatic heterocycles. The molecule has 0 saturated carbocycles. The lowest BCUT2D eigenvalue weighted by Crippen LogP contribution is -2.04. The summed E-state index contributed by atoms with van der Waals surface area (Å²) in [5, 5.41) is 18.0. The number of aryl methyl sites for hydroxylation is 2. The van der Waals surface area contributed by atoms with Gasteiger partial charge in [-0.15, -0.1) is 10.2 Å². The van der Waals surface area contributed by atoms with Gasteiger partial charge in [0, 0.05) is 6.07 Å². The predicted octanol–water partition coefficient (Wildman–Crippen LogP) is 2.18. The van der Waals surface area contributed by atoms with E-state index in [9.17, 15) is 5.11 Å². The molecule has 1 heterocycles. The fourth-order valence-electron chi connectivity index (χ4n) is 1.69. The molecule has 2 rings (SSSR count). The van der Waals surface area contributed by atoms with Crippen LogP contribution in [0, 0.1) is 13.8 Å². The van der Waals surface area contributed by atoms with Gasteiger partial charge in [0.1, 0.15) is 6.10 Å². The van der Waals surface area contributed by atoms with Crippen LogP contribution in [0.3, 0.4) is 0 Å². The van der Waals surface area contributed by atoms with E-state index < -0.39 is 6.10 Å². The van der Waals surface area contributed by atoms with Crippen LogP contribution in [0.4, 0.5) is 0 Å². The molecule has 2 aromatic rings. The van der Waals surface area contributed by atoms with E-state index in [4.69, 9.17) is 4.74 Å². The van der Waals surface area contributed by atoms with Crippen molar-refractivity contribution in [2.24, 2.45) is 0 Å². The number of hydrogen-bond acceptors (Lipinski definition) is 4. The summed E-state index contributed by atoms with van der Waals surface area (Å²) < 4.78 is 4.93. The normalized spacial score (nSPS) is 12.2. The fraction of sp³-hybridized carbons (Fsp3) is 0.286. The van der Waals surface area contributed by atoms with E-state index >= 15 is 0 Å². The second kappa shape index (κ2) is 5.14. The summed E-state index contributed by atoms with van der Waals surface area (Å²) in [5.41, 5.74) is 3.68. The van der Waals surface area contributed by atoms with Gasteiger partial charge in [0.25, 0.3) is 0 Å². The van der Waals surface area contributed by atoms with Crippen molar-refractivity contribution in [3.05, 3.63) is 52.7 Å². The number of ether oxygens (including phenoxy) is 1. The Labute approximate surface area is 106 Å². The van der Waals surface area contributed by atoms with E-state index in [0.717, 1.165) is 11.1 Å². The summed E-state index contributed by atoms with van der Waals surface area (Å²) in [6, 6.07) is 9.26. The Kier molecular flexibility index (Phi) is 3.58. The average Bonchev–Trinajstić information content (AvgIpc) is 2.41. The van der Waals surface area contributed by atoms with Gasteiger partial charge in [-0.1, -0.05) is 18.2 Å². The third-order valence-corrected chi connectivity index (χ3v) is 3.00. The van der Waals surface area contributed by atoms with E-state index in [1.165, 1.54) is 12.7 Å². The van der Waals surface area contributed by atoms with Gasteiger partial charge in [0.05, 0.1) is 12.8 Å². The Morgan fingerprint density at radius 2 is 1.83 bits per heavy atom. The minimum atomic E-state index is -0.761. The van der Waals surface area contributed by atoms with Gasteiger partial charge in [0.15, 0.2) is 0 Å². The van der Waals surface area contributed by atoms with Crippen LogP contribution in [-0.4, -0.2) is 22.4 Å². The largest absolute Gasteiger partial charge is 0.480 e. The molecule has 4 nitrogen and oxygen atoms in total. The van der Waals surface area contributed by atoms with Crippen molar-refractivity contribution in [1.29, 1.82) is 0 Å². The zero-order chi connectivity index (χ0) is 13.1. The molecule has 0 spiro atoms. The van der Waals surface area contributed by atoms with E-state index in [2.05, 4.69) is 10.2 Å². The summed E-state index contributed by atoms with van der Waals surface area (Å²) in [7, 11) is 1.53. The van der Waals surface area contributed by atoms with E-state index in [1.54, 1.807) is 12.1 Å². The van der Waals surface area contributed by atoms with Crippen molar-refractivity contribution >= 4 is 0 Å². The molecular weight excluding hydrogens is 228 g/mol. The summed E-state index contributed by atoms with van der Waals surface area (Å²) >= 11 is 0. The molecule has 1 N–H and O–H groups in total. The Balaban J connectivity index is 2.28. The molecule has 0 amide bonds. The first-order valence-corrected chi connectivity index (χ1v) is 5.74. The van der Waals surface area contributed by atoms with Crippen molar-refractivity contribution in [1.82, 2.24) is 10.2 Å². The van der Waals surface area contributed by atoms with E-state index in [-0.39, 0.29) is 0 Å².